The monoisotopic (exact) mass is 928 g/mol. The summed E-state index contributed by atoms with van der Waals surface area (Å²) >= 11 is 0. The van der Waals surface area contributed by atoms with Crippen molar-refractivity contribution < 1.29 is 46.6 Å². The smallest absolute Gasteiger partial charge is 0.410 e. The number of hydrogen-bond acceptors (Lipinski definition) is 11. The molecular weight excluding hydrogens is 865 g/mol. The molecule has 1 aromatic heterocycles. The summed E-state index contributed by atoms with van der Waals surface area (Å²) in [6, 6.07) is 15.6. The van der Waals surface area contributed by atoms with Crippen molar-refractivity contribution in [2.75, 3.05) is 33.8 Å². The number of aromatic nitrogens is 1. The third-order valence-corrected chi connectivity index (χ3v) is 15.0. The quantitative estimate of drug-likeness (QED) is 0.185. The van der Waals surface area contributed by atoms with E-state index in [1.807, 2.05) is 90.1 Å². The van der Waals surface area contributed by atoms with Crippen molar-refractivity contribution in [3.05, 3.63) is 67.3 Å². The molecule has 0 radical (unpaired) electrons. The maximum absolute atomic E-state index is 15.1. The van der Waals surface area contributed by atoms with Crippen LogP contribution in [0.25, 0.3) is 22.2 Å². The minimum absolute atomic E-state index is 0.0263. The van der Waals surface area contributed by atoms with Crippen LogP contribution in [0.15, 0.2) is 67.3 Å². The molecule has 2 saturated heterocycles. The molecule has 4 fully saturated rings. The average Bonchev–Trinajstić information content (AvgIpc) is 4.20. The second kappa shape index (κ2) is 18.5. The molecule has 7 rings (SSSR count). The van der Waals surface area contributed by atoms with Crippen LogP contribution < -0.4 is 19.5 Å². The van der Waals surface area contributed by atoms with Gasteiger partial charge < -0.3 is 34.2 Å². The average molecular weight is 929 g/mol. The highest BCUT2D eigenvalue weighted by atomic mass is 32.2. The normalized spacial score (nSPS) is 22.8. The van der Waals surface area contributed by atoms with E-state index >= 15 is 4.79 Å². The van der Waals surface area contributed by atoms with Gasteiger partial charge in [0.05, 0.1) is 36.0 Å². The zero-order valence-corrected chi connectivity index (χ0v) is 40.1. The summed E-state index contributed by atoms with van der Waals surface area (Å²) in [5.74, 6) is -2.49. The summed E-state index contributed by atoms with van der Waals surface area (Å²) in [5.41, 5.74) is -0.879. The number of nitrogens with zero attached hydrogens (tertiary/aromatic N) is 4. The van der Waals surface area contributed by atoms with Gasteiger partial charge in [-0.2, -0.15) is 0 Å². The number of carbonyl (C=O) groups is 5. The zero-order valence-electron chi connectivity index (χ0n) is 39.3. The predicted octanol–water partition coefficient (Wildman–Crippen LogP) is 5.84. The van der Waals surface area contributed by atoms with Gasteiger partial charge in [0, 0.05) is 68.0 Å². The Hall–Kier alpha value is -5.71. The van der Waals surface area contributed by atoms with Gasteiger partial charge in [0.2, 0.25) is 27.7 Å². The van der Waals surface area contributed by atoms with Crippen LogP contribution in [0.4, 0.5) is 4.79 Å². The predicted molar refractivity (Wildman–Crippen MR) is 249 cm³/mol. The second-order valence-corrected chi connectivity index (χ2v) is 22.2. The molecule has 0 spiro atoms. The molecule has 0 bridgehead atoms. The summed E-state index contributed by atoms with van der Waals surface area (Å²) in [6.07, 6.45) is 2.35. The standard InChI is InChI=1S/C49H64N6O10S/c1-10-31-28-49(31,45(59)52-66(61,62)35-17-18-35)51-43(57)40-25-34(64-41-27-38(30-14-12-11-13-15-30)50-39-24-33(63-9)16-19-36(39)41)29-55(40)44(58)37(47(2,3)4)26-42(56)54-22-20-32(21-23-54)53(8)46(60)65-48(5,6)7/h10-16,19,24,27,31-32,34-35,37,40H,1,17-18,20-23,25-26,28-29H2,2-9H3,(H,51,57)(H,52,59)/t31-,34-,37-,40+,49-/m1/s1. The number of hydrogen-bond donors (Lipinski definition) is 2. The van der Waals surface area contributed by atoms with Gasteiger partial charge in [-0.1, -0.05) is 57.2 Å². The van der Waals surface area contributed by atoms with Gasteiger partial charge in [0.1, 0.15) is 34.8 Å². The molecule has 2 N–H and O–H groups in total. The highest BCUT2D eigenvalue weighted by Crippen LogP contribution is 2.46. The first kappa shape index (κ1) is 48.2. The van der Waals surface area contributed by atoms with Gasteiger partial charge in [0.25, 0.3) is 5.91 Å². The molecule has 66 heavy (non-hydrogen) atoms. The Morgan fingerprint density at radius 1 is 0.985 bits per heavy atom. The lowest BCUT2D eigenvalue weighted by Crippen LogP contribution is -2.57. The minimum Gasteiger partial charge on any atom is -0.497 e. The van der Waals surface area contributed by atoms with E-state index < -0.39 is 79.6 Å². The van der Waals surface area contributed by atoms with Gasteiger partial charge in [-0.15, -0.1) is 6.58 Å². The van der Waals surface area contributed by atoms with Crippen LogP contribution in [0.1, 0.15) is 86.5 Å². The number of fused-ring (bicyclic) bond motifs is 1. The van der Waals surface area contributed by atoms with Crippen LogP contribution >= 0.6 is 0 Å². The second-order valence-electron chi connectivity index (χ2n) is 20.2. The number of nitrogens with one attached hydrogen (secondary N) is 2. The van der Waals surface area contributed by atoms with Crippen molar-refractivity contribution in [3.63, 3.8) is 0 Å². The Kier molecular flexibility index (Phi) is 13.5. The van der Waals surface area contributed by atoms with Crippen LogP contribution in [0.2, 0.25) is 0 Å². The van der Waals surface area contributed by atoms with E-state index in [4.69, 9.17) is 19.2 Å². The topological polar surface area (TPSA) is 194 Å². The Balaban J connectivity index is 1.16. The molecule has 0 unspecified atom stereocenters. The molecule has 356 valence electrons. The first-order valence-corrected chi connectivity index (χ1v) is 24.3. The first-order valence-electron chi connectivity index (χ1n) is 22.8. The molecule has 2 aromatic carbocycles. The molecule has 2 aliphatic heterocycles. The number of piperidine rings is 1. The summed E-state index contributed by atoms with van der Waals surface area (Å²) < 4.78 is 45.9. The third-order valence-electron chi connectivity index (χ3n) is 13.2. The van der Waals surface area contributed by atoms with Crippen molar-refractivity contribution in [3.8, 4) is 22.8 Å². The van der Waals surface area contributed by atoms with E-state index in [1.54, 1.807) is 30.0 Å². The van der Waals surface area contributed by atoms with Gasteiger partial charge in [0.15, 0.2) is 0 Å². The largest absolute Gasteiger partial charge is 0.497 e. The molecule has 5 atom stereocenters. The minimum atomic E-state index is -3.94. The van der Waals surface area contributed by atoms with Crippen LogP contribution in [0.5, 0.6) is 11.5 Å². The Bertz CT molecular complexity index is 2470. The third kappa shape index (κ3) is 10.6. The maximum atomic E-state index is 15.1. The van der Waals surface area contributed by atoms with Crippen LogP contribution in [0.3, 0.4) is 0 Å². The molecule has 5 amide bonds. The maximum Gasteiger partial charge on any atom is 0.410 e. The highest BCUT2D eigenvalue weighted by Gasteiger charge is 2.62. The fourth-order valence-corrected chi connectivity index (χ4v) is 10.3. The molecule has 3 heterocycles. The summed E-state index contributed by atoms with van der Waals surface area (Å²) in [6.45, 7) is 15.6. The number of ether oxygens (including phenoxy) is 3. The van der Waals surface area contributed by atoms with Crippen LogP contribution in [0, 0.1) is 17.3 Å². The molecule has 2 aliphatic carbocycles. The Morgan fingerprint density at radius 2 is 1.67 bits per heavy atom. The molecule has 17 heteroatoms. The number of methoxy groups -OCH3 is 1. The van der Waals surface area contributed by atoms with Crippen molar-refractivity contribution in [1.82, 2.24) is 29.7 Å². The van der Waals surface area contributed by atoms with E-state index in [-0.39, 0.29) is 37.8 Å². The molecular formula is C49H64N6O10S. The van der Waals surface area contributed by atoms with Gasteiger partial charge in [-0.05, 0) is 70.4 Å². The number of rotatable bonds is 14. The van der Waals surface area contributed by atoms with E-state index in [0.29, 0.717) is 66.9 Å². The van der Waals surface area contributed by atoms with E-state index in [0.717, 1.165) is 5.56 Å². The first-order chi connectivity index (χ1) is 31.0. The van der Waals surface area contributed by atoms with Crippen molar-refractivity contribution in [1.29, 1.82) is 0 Å². The SMILES string of the molecule is C=C[C@@H]1C[C@]1(NC(=O)[C@@H]1C[C@@H](Oc2cc(-c3ccccc3)nc3cc(OC)ccc23)CN1C(=O)[C@@H](CC(=O)N1CCC(N(C)C(=O)OC(C)(C)C)CC1)C(C)(C)C)C(=O)NS(=O)(=O)C1CC1. The van der Waals surface area contributed by atoms with Crippen LogP contribution in [-0.4, -0.2) is 126 Å². The number of sulfonamides is 1. The molecule has 16 nitrogen and oxygen atoms in total. The fourth-order valence-electron chi connectivity index (χ4n) is 8.98. The lowest BCUT2D eigenvalue weighted by molar-refractivity contribution is -0.149. The molecule has 4 aliphatic rings. The van der Waals surface area contributed by atoms with Crippen molar-refractivity contribution in [2.45, 2.75) is 121 Å². The van der Waals surface area contributed by atoms with E-state index in [2.05, 4.69) is 16.6 Å². The fraction of sp³-hybridized carbons (Fsp3) is 0.551. The van der Waals surface area contributed by atoms with Crippen LogP contribution in [-0.2, 0) is 33.9 Å². The van der Waals surface area contributed by atoms with Crippen molar-refractivity contribution in [2.24, 2.45) is 17.3 Å². The van der Waals surface area contributed by atoms with Gasteiger partial charge in [-0.3, -0.25) is 23.9 Å². The van der Waals surface area contributed by atoms with E-state index in [9.17, 15) is 27.6 Å². The lowest BCUT2D eigenvalue weighted by Gasteiger charge is -2.39. The number of likely N-dealkylation sites (tertiary alicyclic amines) is 2. The number of amides is 5. The molecule has 2 saturated carbocycles. The Morgan fingerprint density at radius 3 is 2.26 bits per heavy atom. The number of pyridine rings is 1. The number of carbonyl (C=O) groups excluding carboxylic acids is 5. The van der Waals surface area contributed by atoms with Gasteiger partial charge in [-0.25, -0.2) is 18.2 Å². The van der Waals surface area contributed by atoms with Gasteiger partial charge >= 0.3 is 6.09 Å². The van der Waals surface area contributed by atoms with E-state index in [1.165, 1.54) is 11.0 Å². The Labute approximate surface area is 387 Å². The summed E-state index contributed by atoms with van der Waals surface area (Å²) in [7, 11) is -0.667. The lowest BCUT2D eigenvalue weighted by atomic mass is 9.77. The van der Waals surface area contributed by atoms with Crippen molar-refractivity contribution >= 4 is 50.6 Å². The zero-order chi connectivity index (χ0) is 47.9. The number of benzene rings is 2. The highest BCUT2D eigenvalue weighted by molar-refractivity contribution is 7.91. The summed E-state index contributed by atoms with van der Waals surface area (Å²) in [4.78, 5) is 80.2. The molecule has 3 aromatic rings. The summed E-state index contributed by atoms with van der Waals surface area (Å²) in [5, 5.41) is 2.88.